The van der Waals surface area contributed by atoms with Gasteiger partial charge in [0.15, 0.2) is 0 Å². The molecule has 0 radical (unpaired) electrons. The molecule has 7 heteroatoms. The second-order valence-corrected chi connectivity index (χ2v) is 6.72. The fourth-order valence-electron chi connectivity index (χ4n) is 1.56. The molecule has 0 amide bonds. The standard InChI is InChI=1S/C12H18FNO3S2/c1-3-10(8-18-2)14-19(16,17)11-4-5-12(13)9(6-11)7-15/h4-6,10,14-15H,3,7-8H2,1-2H3. The number of benzene rings is 1. The molecule has 1 aromatic carbocycles. The van der Waals surface area contributed by atoms with Crippen molar-refractivity contribution in [1.82, 2.24) is 4.72 Å². The Labute approximate surface area is 117 Å². The van der Waals surface area contributed by atoms with Crippen molar-refractivity contribution in [2.75, 3.05) is 12.0 Å². The third-order valence-corrected chi connectivity index (χ3v) is 4.93. The maximum absolute atomic E-state index is 13.2. The van der Waals surface area contributed by atoms with E-state index in [0.717, 1.165) is 12.1 Å². The molecule has 108 valence electrons. The molecule has 1 atom stereocenters. The van der Waals surface area contributed by atoms with E-state index in [4.69, 9.17) is 5.11 Å². The number of nitrogens with one attached hydrogen (secondary N) is 1. The first-order valence-corrected chi connectivity index (χ1v) is 8.72. The van der Waals surface area contributed by atoms with E-state index in [0.29, 0.717) is 12.2 Å². The van der Waals surface area contributed by atoms with E-state index in [2.05, 4.69) is 4.72 Å². The third kappa shape index (κ3) is 4.45. The molecular formula is C12H18FNO3S2. The van der Waals surface area contributed by atoms with Crippen LogP contribution in [-0.2, 0) is 16.6 Å². The lowest BCUT2D eigenvalue weighted by Gasteiger charge is -2.16. The van der Waals surface area contributed by atoms with Crippen LogP contribution in [0, 0.1) is 5.82 Å². The number of aliphatic hydroxyl groups is 1. The van der Waals surface area contributed by atoms with E-state index in [1.807, 2.05) is 13.2 Å². The second-order valence-electron chi connectivity index (χ2n) is 4.09. The van der Waals surface area contributed by atoms with Gasteiger partial charge in [-0.25, -0.2) is 17.5 Å². The molecule has 0 saturated carbocycles. The number of hydrogen-bond acceptors (Lipinski definition) is 4. The highest BCUT2D eigenvalue weighted by molar-refractivity contribution is 7.98. The van der Waals surface area contributed by atoms with Crippen molar-refractivity contribution < 1.29 is 17.9 Å². The Bertz CT molecular complexity index is 520. The Hall–Kier alpha value is -0.630. The topological polar surface area (TPSA) is 66.4 Å². The van der Waals surface area contributed by atoms with Crippen LogP contribution < -0.4 is 4.72 Å². The monoisotopic (exact) mass is 307 g/mol. The molecule has 1 unspecified atom stereocenters. The van der Waals surface area contributed by atoms with Crippen LogP contribution in [0.4, 0.5) is 4.39 Å². The van der Waals surface area contributed by atoms with Gasteiger partial charge in [0.2, 0.25) is 10.0 Å². The number of thioether (sulfide) groups is 1. The predicted molar refractivity (Wildman–Crippen MR) is 75.1 cm³/mol. The van der Waals surface area contributed by atoms with Crippen molar-refractivity contribution in [3.05, 3.63) is 29.6 Å². The van der Waals surface area contributed by atoms with Crippen molar-refractivity contribution >= 4 is 21.8 Å². The van der Waals surface area contributed by atoms with Gasteiger partial charge in [0.25, 0.3) is 0 Å². The van der Waals surface area contributed by atoms with E-state index < -0.39 is 22.4 Å². The number of hydrogen-bond donors (Lipinski definition) is 2. The lowest BCUT2D eigenvalue weighted by molar-refractivity contribution is 0.275. The Morgan fingerprint density at radius 2 is 2.16 bits per heavy atom. The zero-order valence-electron chi connectivity index (χ0n) is 10.9. The lowest BCUT2D eigenvalue weighted by atomic mass is 10.2. The molecule has 0 fully saturated rings. The van der Waals surface area contributed by atoms with Crippen LogP contribution >= 0.6 is 11.8 Å². The summed E-state index contributed by atoms with van der Waals surface area (Å²) in [6.07, 6.45) is 2.58. The Morgan fingerprint density at radius 3 is 2.68 bits per heavy atom. The Balaban J connectivity index is 2.99. The van der Waals surface area contributed by atoms with E-state index in [-0.39, 0.29) is 16.5 Å². The molecule has 0 aromatic heterocycles. The maximum Gasteiger partial charge on any atom is 0.240 e. The minimum absolute atomic E-state index is 0.0270. The van der Waals surface area contributed by atoms with Gasteiger partial charge in [0.1, 0.15) is 5.82 Å². The van der Waals surface area contributed by atoms with E-state index in [1.54, 1.807) is 11.8 Å². The molecule has 1 rings (SSSR count). The summed E-state index contributed by atoms with van der Waals surface area (Å²) in [7, 11) is -3.68. The van der Waals surface area contributed by atoms with Gasteiger partial charge in [0, 0.05) is 17.4 Å². The number of sulfonamides is 1. The number of rotatable bonds is 7. The highest BCUT2D eigenvalue weighted by Crippen LogP contribution is 2.16. The quantitative estimate of drug-likeness (QED) is 0.805. The molecule has 0 saturated heterocycles. The van der Waals surface area contributed by atoms with Crippen LogP contribution in [0.15, 0.2) is 23.1 Å². The molecule has 0 aliphatic heterocycles. The molecule has 0 aliphatic carbocycles. The largest absolute Gasteiger partial charge is 0.392 e. The Kier molecular flexibility index (Phi) is 6.25. The summed E-state index contributed by atoms with van der Waals surface area (Å²) in [5, 5.41) is 8.96. The molecule has 0 aliphatic rings. The van der Waals surface area contributed by atoms with Crippen LogP contribution in [0.5, 0.6) is 0 Å². The van der Waals surface area contributed by atoms with Crippen LogP contribution in [0.25, 0.3) is 0 Å². The first kappa shape index (κ1) is 16.4. The van der Waals surface area contributed by atoms with Crippen molar-refractivity contribution in [3.8, 4) is 0 Å². The Morgan fingerprint density at radius 1 is 1.47 bits per heavy atom. The predicted octanol–water partition coefficient (Wildman–Crippen LogP) is 1.74. The van der Waals surface area contributed by atoms with Gasteiger partial charge < -0.3 is 5.11 Å². The van der Waals surface area contributed by atoms with Gasteiger partial charge in [-0.15, -0.1) is 0 Å². The smallest absolute Gasteiger partial charge is 0.240 e. The summed E-state index contributed by atoms with van der Waals surface area (Å²) in [5.74, 6) is 0.0571. The molecular weight excluding hydrogens is 289 g/mol. The molecule has 0 spiro atoms. The number of aliphatic hydroxyl groups excluding tert-OH is 1. The summed E-state index contributed by atoms with van der Waals surface area (Å²) >= 11 is 1.55. The fourth-order valence-corrected chi connectivity index (χ4v) is 3.76. The molecule has 1 aromatic rings. The zero-order valence-corrected chi connectivity index (χ0v) is 12.5. The molecule has 2 N–H and O–H groups in total. The molecule has 19 heavy (non-hydrogen) atoms. The molecule has 4 nitrogen and oxygen atoms in total. The average molecular weight is 307 g/mol. The SMILES string of the molecule is CCC(CSC)NS(=O)(=O)c1ccc(F)c(CO)c1. The van der Waals surface area contributed by atoms with Gasteiger partial charge in [-0.2, -0.15) is 11.8 Å². The van der Waals surface area contributed by atoms with E-state index >= 15 is 0 Å². The maximum atomic E-state index is 13.2. The minimum Gasteiger partial charge on any atom is -0.392 e. The summed E-state index contributed by atoms with van der Waals surface area (Å²) in [6, 6.07) is 3.24. The first-order valence-electron chi connectivity index (χ1n) is 5.85. The minimum atomic E-state index is -3.68. The first-order chi connectivity index (χ1) is 8.94. The summed E-state index contributed by atoms with van der Waals surface area (Å²) in [5.41, 5.74) is -0.0270. The summed E-state index contributed by atoms with van der Waals surface area (Å²) in [6.45, 7) is 1.37. The van der Waals surface area contributed by atoms with Gasteiger partial charge in [-0.05, 0) is 30.9 Å². The third-order valence-electron chi connectivity index (χ3n) is 2.68. The molecule has 0 bridgehead atoms. The van der Waals surface area contributed by atoms with Crippen LogP contribution in [-0.4, -0.2) is 31.6 Å². The number of halogens is 1. The fraction of sp³-hybridized carbons (Fsp3) is 0.500. The van der Waals surface area contributed by atoms with Crippen molar-refractivity contribution in [1.29, 1.82) is 0 Å². The summed E-state index contributed by atoms with van der Waals surface area (Å²) in [4.78, 5) is -0.0301. The van der Waals surface area contributed by atoms with Crippen molar-refractivity contribution in [2.45, 2.75) is 30.9 Å². The van der Waals surface area contributed by atoms with Crippen LogP contribution in [0.3, 0.4) is 0 Å². The average Bonchev–Trinajstić information content (AvgIpc) is 2.38. The van der Waals surface area contributed by atoms with Crippen LogP contribution in [0.2, 0.25) is 0 Å². The van der Waals surface area contributed by atoms with Gasteiger partial charge in [0.05, 0.1) is 11.5 Å². The highest BCUT2D eigenvalue weighted by Gasteiger charge is 2.19. The van der Waals surface area contributed by atoms with Crippen molar-refractivity contribution in [3.63, 3.8) is 0 Å². The summed E-state index contributed by atoms with van der Waals surface area (Å²) < 4.78 is 40.1. The van der Waals surface area contributed by atoms with Gasteiger partial charge in [-0.1, -0.05) is 6.92 Å². The highest BCUT2D eigenvalue weighted by atomic mass is 32.2. The lowest BCUT2D eigenvalue weighted by Crippen LogP contribution is -2.36. The second kappa shape index (κ2) is 7.23. The molecule has 0 heterocycles. The van der Waals surface area contributed by atoms with E-state index in [9.17, 15) is 12.8 Å². The normalized spacial score (nSPS) is 13.5. The van der Waals surface area contributed by atoms with Crippen molar-refractivity contribution in [2.24, 2.45) is 0 Å². The van der Waals surface area contributed by atoms with Crippen LogP contribution in [0.1, 0.15) is 18.9 Å². The zero-order chi connectivity index (χ0) is 14.5. The van der Waals surface area contributed by atoms with E-state index in [1.165, 1.54) is 6.07 Å². The van der Waals surface area contributed by atoms with Gasteiger partial charge >= 0.3 is 0 Å². The van der Waals surface area contributed by atoms with Gasteiger partial charge in [-0.3, -0.25) is 0 Å².